The lowest BCUT2D eigenvalue weighted by Gasteiger charge is -2.10. The second-order valence-corrected chi connectivity index (χ2v) is 3.93. The molecule has 0 saturated carbocycles. The van der Waals surface area contributed by atoms with Gasteiger partial charge in [-0.2, -0.15) is 0 Å². The average Bonchev–Trinajstić information content (AvgIpc) is 2.29. The lowest BCUT2D eigenvalue weighted by molar-refractivity contribution is 0.0698. The first-order valence-corrected chi connectivity index (χ1v) is 5.28. The summed E-state index contributed by atoms with van der Waals surface area (Å²) in [7, 11) is 0. The fourth-order valence-electron chi connectivity index (χ4n) is 1.85. The lowest BCUT2D eigenvalue weighted by Crippen LogP contribution is -2.01. The third kappa shape index (κ3) is 2.13. The fraction of sp³-hybridized carbons (Fsp3) is 0.0714. The molecule has 3 nitrogen and oxygen atoms in total. The fourth-order valence-corrected chi connectivity index (χ4v) is 1.85. The maximum atomic E-state index is 11.2. The number of aromatic carboxylic acids is 1. The summed E-state index contributed by atoms with van der Waals surface area (Å²) in [6, 6.07) is 12.5. The Bertz CT molecular complexity index is 576. The van der Waals surface area contributed by atoms with E-state index in [1.165, 1.54) is 0 Å². The van der Waals surface area contributed by atoms with Crippen LogP contribution in [0, 0.1) is 6.92 Å². The number of hydrogen-bond donors (Lipinski definition) is 2. The zero-order chi connectivity index (χ0) is 12.4. The molecule has 2 rings (SSSR count). The first-order valence-electron chi connectivity index (χ1n) is 5.28. The summed E-state index contributed by atoms with van der Waals surface area (Å²) >= 11 is 0. The highest BCUT2D eigenvalue weighted by atomic mass is 16.4. The first kappa shape index (κ1) is 11.2. The smallest absolute Gasteiger partial charge is 0.336 e. The number of carboxylic acid groups (broad SMARTS) is 1. The van der Waals surface area contributed by atoms with Crippen LogP contribution in [0.15, 0.2) is 42.5 Å². The van der Waals surface area contributed by atoms with Crippen molar-refractivity contribution in [3.63, 3.8) is 0 Å². The van der Waals surface area contributed by atoms with Crippen molar-refractivity contribution in [1.29, 1.82) is 0 Å². The van der Waals surface area contributed by atoms with Crippen LogP contribution in [0.25, 0.3) is 11.1 Å². The van der Waals surface area contributed by atoms with E-state index in [2.05, 4.69) is 0 Å². The molecule has 0 radical (unpaired) electrons. The largest absolute Gasteiger partial charge is 0.478 e. The number of rotatable bonds is 2. The van der Waals surface area contributed by atoms with Gasteiger partial charge in [0.1, 0.15) is 0 Å². The van der Waals surface area contributed by atoms with E-state index in [1.54, 1.807) is 18.2 Å². The van der Waals surface area contributed by atoms with Crippen molar-refractivity contribution in [1.82, 2.24) is 0 Å². The molecule has 0 fully saturated rings. The highest BCUT2D eigenvalue weighted by molar-refractivity contribution is 5.97. The van der Waals surface area contributed by atoms with Crippen molar-refractivity contribution in [3.8, 4) is 11.1 Å². The van der Waals surface area contributed by atoms with Gasteiger partial charge >= 0.3 is 5.97 Å². The molecule has 3 N–H and O–H groups in total. The number of benzene rings is 2. The Morgan fingerprint density at radius 1 is 1.12 bits per heavy atom. The van der Waals surface area contributed by atoms with Gasteiger partial charge < -0.3 is 10.8 Å². The molecule has 0 atom stereocenters. The van der Waals surface area contributed by atoms with Crippen molar-refractivity contribution < 1.29 is 9.90 Å². The number of aryl methyl sites for hydroxylation is 1. The number of nitrogen functional groups attached to an aromatic ring is 1. The van der Waals surface area contributed by atoms with E-state index in [0.29, 0.717) is 11.3 Å². The molecule has 0 amide bonds. The Labute approximate surface area is 99.5 Å². The van der Waals surface area contributed by atoms with Crippen molar-refractivity contribution in [2.75, 3.05) is 5.73 Å². The Morgan fingerprint density at radius 2 is 1.82 bits per heavy atom. The van der Waals surface area contributed by atoms with Crippen molar-refractivity contribution in [2.45, 2.75) is 6.92 Å². The Morgan fingerprint density at radius 3 is 2.47 bits per heavy atom. The van der Waals surface area contributed by atoms with Crippen molar-refractivity contribution >= 4 is 11.7 Å². The van der Waals surface area contributed by atoms with Gasteiger partial charge in [-0.1, -0.05) is 24.3 Å². The molecule has 0 spiro atoms. The minimum Gasteiger partial charge on any atom is -0.478 e. The second kappa shape index (κ2) is 4.29. The van der Waals surface area contributed by atoms with E-state index in [0.717, 1.165) is 11.1 Å². The summed E-state index contributed by atoms with van der Waals surface area (Å²) < 4.78 is 0. The number of hydrogen-bond acceptors (Lipinski definition) is 2. The summed E-state index contributed by atoms with van der Waals surface area (Å²) in [6.45, 7) is 1.95. The van der Waals surface area contributed by atoms with Gasteiger partial charge in [-0.05, 0) is 41.8 Å². The van der Waals surface area contributed by atoms with Crippen LogP contribution in [0.5, 0.6) is 0 Å². The monoisotopic (exact) mass is 227 g/mol. The topological polar surface area (TPSA) is 63.3 Å². The molecule has 17 heavy (non-hydrogen) atoms. The van der Waals surface area contributed by atoms with Crippen LogP contribution < -0.4 is 5.73 Å². The van der Waals surface area contributed by atoms with Gasteiger partial charge in [0.25, 0.3) is 0 Å². The average molecular weight is 227 g/mol. The summed E-state index contributed by atoms with van der Waals surface area (Å²) in [6.07, 6.45) is 0. The summed E-state index contributed by atoms with van der Waals surface area (Å²) in [4.78, 5) is 11.2. The van der Waals surface area contributed by atoms with E-state index in [1.807, 2.05) is 31.2 Å². The second-order valence-electron chi connectivity index (χ2n) is 3.93. The minimum absolute atomic E-state index is 0.272. The molecular weight excluding hydrogens is 214 g/mol. The third-order valence-electron chi connectivity index (χ3n) is 2.71. The van der Waals surface area contributed by atoms with Gasteiger partial charge in [-0.25, -0.2) is 4.79 Å². The van der Waals surface area contributed by atoms with Crippen molar-refractivity contribution in [3.05, 3.63) is 53.6 Å². The predicted octanol–water partition coefficient (Wildman–Crippen LogP) is 2.94. The summed E-state index contributed by atoms with van der Waals surface area (Å²) in [5, 5.41) is 9.17. The van der Waals surface area contributed by atoms with Gasteiger partial charge in [0.15, 0.2) is 0 Å². The maximum absolute atomic E-state index is 11.2. The van der Waals surface area contributed by atoms with Gasteiger partial charge in [-0.3, -0.25) is 0 Å². The molecule has 0 saturated heterocycles. The van der Waals surface area contributed by atoms with Crippen LogP contribution in [0.1, 0.15) is 15.9 Å². The number of carboxylic acids is 1. The SMILES string of the molecule is Cc1ccccc1-c1cc(N)ccc1C(=O)O. The number of nitrogens with two attached hydrogens (primary N) is 1. The molecule has 0 unspecified atom stereocenters. The van der Waals surface area contributed by atoms with E-state index >= 15 is 0 Å². The molecular formula is C14H13NO2. The summed E-state index contributed by atoms with van der Waals surface area (Å²) in [5.74, 6) is -0.941. The first-order chi connectivity index (χ1) is 8.09. The quantitative estimate of drug-likeness (QED) is 0.775. The maximum Gasteiger partial charge on any atom is 0.336 e. The van der Waals surface area contributed by atoms with E-state index < -0.39 is 5.97 Å². The van der Waals surface area contributed by atoms with Crippen LogP contribution in [-0.2, 0) is 0 Å². The summed E-state index contributed by atoms with van der Waals surface area (Å²) in [5.41, 5.74) is 9.15. The van der Waals surface area contributed by atoms with E-state index in [-0.39, 0.29) is 5.56 Å². The molecule has 0 bridgehead atoms. The highest BCUT2D eigenvalue weighted by Crippen LogP contribution is 2.28. The van der Waals surface area contributed by atoms with Crippen LogP contribution in [0.2, 0.25) is 0 Å². The zero-order valence-corrected chi connectivity index (χ0v) is 9.47. The number of carbonyl (C=O) groups is 1. The highest BCUT2D eigenvalue weighted by Gasteiger charge is 2.13. The van der Waals surface area contributed by atoms with Gasteiger partial charge in [0.2, 0.25) is 0 Å². The van der Waals surface area contributed by atoms with Gasteiger partial charge in [-0.15, -0.1) is 0 Å². The molecule has 2 aromatic rings. The van der Waals surface area contributed by atoms with E-state index in [9.17, 15) is 4.79 Å². The molecule has 0 aliphatic carbocycles. The number of anilines is 1. The Hall–Kier alpha value is -2.29. The standard InChI is InChI=1S/C14H13NO2/c1-9-4-2-3-5-11(9)13-8-10(15)6-7-12(13)14(16)17/h2-8H,15H2,1H3,(H,16,17). The normalized spacial score (nSPS) is 10.2. The molecule has 2 aromatic carbocycles. The molecule has 0 aliphatic heterocycles. The van der Waals surface area contributed by atoms with Crippen LogP contribution in [-0.4, -0.2) is 11.1 Å². The molecule has 3 heteroatoms. The van der Waals surface area contributed by atoms with Crippen molar-refractivity contribution in [2.24, 2.45) is 0 Å². The minimum atomic E-state index is -0.941. The molecule has 86 valence electrons. The molecule has 0 aliphatic rings. The van der Waals surface area contributed by atoms with Crippen LogP contribution >= 0.6 is 0 Å². The molecule has 0 heterocycles. The third-order valence-corrected chi connectivity index (χ3v) is 2.71. The van der Waals surface area contributed by atoms with Gasteiger partial charge in [0.05, 0.1) is 5.56 Å². The zero-order valence-electron chi connectivity index (χ0n) is 9.47. The Balaban J connectivity index is 2.70. The van der Waals surface area contributed by atoms with E-state index in [4.69, 9.17) is 10.8 Å². The predicted molar refractivity (Wildman–Crippen MR) is 68.0 cm³/mol. The Kier molecular flexibility index (Phi) is 2.83. The van der Waals surface area contributed by atoms with Gasteiger partial charge in [0, 0.05) is 5.69 Å². The van der Waals surface area contributed by atoms with Crippen LogP contribution in [0.3, 0.4) is 0 Å². The van der Waals surface area contributed by atoms with Crippen LogP contribution in [0.4, 0.5) is 5.69 Å². The lowest BCUT2D eigenvalue weighted by atomic mass is 9.95. The molecule has 0 aromatic heterocycles.